The predicted molar refractivity (Wildman–Crippen MR) is 117 cm³/mol. The van der Waals surface area contributed by atoms with Gasteiger partial charge in [-0.05, 0) is 30.2 Å². The number of aromatic nitrogens is 1. The summed E-state index contributed by atoms with van der Waals surface area (Å²) in [6.07, 6.45) is -4.67. The van der Waals surface area contributed by atoms with Gasteiger partial charge in [-0.1, -0.05) is 41.9 Å². The molecule has 0 spiro atoms. The summed E-state index contributed by atoms with van der Waals surface area (Å²) in [5.41, 5.74) is 0.242. The first-order chi connectivity index (χ1) is 15.1. The third-order valence-corrected chi connectivity index (χ3v) is 6.02. The zero-order valence-electron chi connectivity index (χ0n) is 16.8. The van der Waals surface area contributed by atoms with Crippen molar-refractivity contribution < 1.29 is 27.9 Å². The second kappa shape index (κ2) is 9.70. The van der Waals surface area contributed by atoms with E-state index < -0.39 is 29.5 Å². The Morgan fingerprint density at radius 1 is 1.19 bits per heavy atom. The summed E-state index contributed by atoms with van der Waals surface area (Å²) in [5.74, 6) is -2.39. The van der Waals surface area contributed by atoms with E-state index in [9.17, 15) is 27.9 Å². The number of rotatable bonds is 7. The third-order valence-electron chi connectivity index (χ3n) is 4.77. The maximum Gasteiger partial charge on any atom is 0.416 e. The van der Waals surface area contributed by atoms with Crippen LogP contribution in [0.3, 0.4) is 0 Å². The molecule has 168 valence electrons. The summed E-state index contributed by atoms with van der Waals surface area (Å²) in [5, 5.41) is 11.1. The van der Waals surface area contributed by atoms with E-state index in [2.05, 4.69) is 4.98 Å². The van der Waals surface area contributed by atoms with Crippen LogP contribution in [0.4, 0.5) is 18.3 Å². The van der Waals surface area contributed by atoms with Gasteiger partial charge in [0.1, 0.15) is 0 Å². The summed E-state index contributed by atoms with van der Waals surface area (Å²) in [6.45, 7) is 0. The van der Waals surface area contributed by atoms with Gasteiger partial charge in [-0.15, -0.1) is 11.3 Å². The molecule has 1 N–H and O–H groups in total. The number of benzene rings is 2. The molecule has 0 saturated heterocycles. The highest BCUT2D eigenvalue weighted by Gasteiger charge is 2.32. The highest BCUT2D eigenvalue weighted by molar-refractivity contribution is 7.14. The van der Waals surface area contributed by atoms with Crippen LogP contribution in [0.25, 0.3) is 11.3 Å². The SMILES string of the molecule is CN(C(=O)C(CC(=O)O)Cc1ccccc1)c1nc(-c2cc(C(F)(F)F)ccc2Cl)cs1. The van der Waals surface area contributed by atoms with Crippen LogP contribution >= 0.6 is 22.9 Å². The highest BCUT2D eigenvalue weighted by Crippen LogP contribution is 2.37. The molecule has 0 bridgehead atoms. The van der Waals surface area contributed by atoms with Crippen molar-refractivity contribution in [2.45, 2.75) is 19.0 Å². The number of carbonyl (C=O) groups is 2. The fourth-order valence-corrected chi connectivity index (χ4v) is 4.17. The lowest BCUT2D eigenvalue weighted by Gasteiger charge is -2.21. The Bertz CT molecular complexity index is 1120. The topological polar surface area (TPSA) is 70.5 Å². The number of carboxylic acids is 1. The molecule has 0 saturated carbocycles. The number of aliphatic carboxylic acids is 1. The molecule has 0 radical (unpaired) electrons. The smallest absolute Gasteiger partial charge is 0.416 e. The number of hydrogen-bond donors (Lipinski definition) is 1. The summed E-state index contributed by atoms with van der Waals surface area (Å²) < 4.78 is 39.2. The molecule has 2 aromatic carbocycles. The fourth-order valence-electron chi connectivity index (χ4n) is 3.16. The number of anilines is 1. The number of alkyl halides is 3. The average Bonchev–Trinajstić information content (AvgIpc) is 3.22. The van der Waals surface area contributed by atoms with Gasteiger partial charge in [-0.2, -0.15) is 13.2 Å². The first-order valence-corrected chi connectivity index (χ1v) is 10.7. The Morgan fingerprint density at radius 2 is 1.88 bits per heavy atom. The van der Waals surface area contributed by atoms with Crippen molar-refractivity contribution in [3.05, 3.63) is 70.1 Å². The van der Waals surface area contributed by atoms with Gasteiger partial charge in [0.15, 0.2) is 5.13 Å². The van der Waals surface area contributed by atoms with Crippen LogP contribution in [0, 0.1) is 5.92 Å². The zero-order valence-corrected chi connectivity index (χ0v) is 18.3. The molecule has 1 heterocycles. The average molecular weight is 483 g/mol. The number of amides is 1. The lowest BCUT2D eigenvalue weighted by atomic mass is 9.95. The van der Waals surface area contributed by atoms with Crippen LogP contribution in [0.1, 0.15) is 17.5 Å². The molecule has 5 nitrogen and oxygen atoms in total. The van der Waals surface area contributed by atoms with Gasteiger partial charge in [0.25, 0.3) is 0 Å². The number of halogens is 4. The molecule has 0 aliphatic carbocycles. The molecule has 0 fully saturated rings. The molecule has 1 aromatic heterocycles. The van der Waals surface area contributed by atoms with Gasteiger partial charge in [0.2, 0.25) is 5.91 Å². The lowest BCUT2D eigenvalue weighted by molar-refractivity contribution is -0.140. The molecule has 10 heteroatoms. The summed E-state index contributed by atoms with van der Waals surface area (Å²) in [6, 6.07) is 12.0. The van der Waals surface area contributed by atoms with Crippen LogP contribution in [0.2, 0.25) is 5.02 Å². The molecule has 0 aliphatic heterocycles. The lowest BCUT2D eigenvalue weighted by Crippen LogP contribution is -2.35. The highest BCUT2D eigenvalue weighted by atomic mass is 35.5. The minimum absolute atomic E-state index is 0.0937. The van der Waals surface area contributed by atoms with E-state index in [-0.39, 0.29) is 34.3 Å². The van der Waals surface area contributed by atoms with Crippen molar-refractivity contribution in [3.8, 4) is 11.3 Å². The van der Waals surface area contributed by atoms with Crippen LogP contribution in [-0.4, -0.2) is 29.0 Å². The molecular formula is C22H18ClF3N2O3S. The van der Waals surface area contributed by atoms with Crippen molar-refractivity contribution in [1.82, 2.24) is 4.98 Å². The van der Waals surface area contributed by atoms with E-state index >= 15 is 0 Å². The molecule has 1 unspecified atom stereocenters. The van der Waals surface area contributed by atoms with Crippen molar-refractivity contribution >= 4 is 39.9 Å². The molecule has 32 heavy (non-hydrogen) atoms. The minimum atomic E-state index is -4.54. The van der Waals surface area contributed by atoms with Crippen LogP contribution in [-0.2, 0) is 22.2 Å². The normalized spacial score (nSPS) is 12.4. The Labute approximate surface area is 191 Å². The maximum absolute atomic E-state index is 13.1. The Morgan fingerprint density at radius 3 is 2.50 bits per heavy atom. The van der Waals surface area contributed by atoms with Crippen molar-refractivity contribution in [3.63, 3.8) is 0 Å². The maximum atomic E-state index is 13.1. The Balaban J connectivity index is 1.86. The fraction of sp³-hybridized carbons (Fsp3) is 0.227. The second-order valence-corrected chi connectivity index (χ2v) is 8.33. The van der Waals surface area contributed by atoms with E-state index in [1.165, 1.54) is 17.3 Å². The summed E-state index contributed by atoms with van der Waals surface area (Å²) in [7, 11) is 1.46. The molecule has 0 aliphatic rings. The van der Waals surface area contributed by atoms with Crippen molar-refractivity contribution in [2.75, 3.05) is 11.9 Å². The monoisotopic (exact) mass is 482 g/mol. The Hall–Kier alpha value is -2.91. The number of hydrogen-bond acceptors (Lipinski definition) is 4. The first kappa shape index (κ1) is 23.7. The van der Waals surface area contributed by atoms with Gasteiger partial charge in [0.05, 0.1) is 28.6 Å². The molecule has 3 aromatic rings. The van der Waals surface area contributed by atoms with E-state index in [4.69, 9.17) is 11.6 Å². The van der Waals surface area contributed by atoms with E-state index in [0.717, 1.165) is 35.1 Å². The van der Waals surface area contributed by atoms with Crippen molar-refractivity contribution in [2.24, 2.45) is 5.92 Å². The zero-order chi connectivity index (χ0) is 23.5. The first-order valence-electron chi connectivity index (χ1n) is 9.42. The quantitative estimate of drug-likeness (QED) is 0.463. The standard InChI is InChI=1S/C22H18ClF3N2O3S/c1-28(20(31)14(10-19(29)30)9-13-5-3-2-4-6-13)21-27-18(12-32-21)16-11-15(22(24,25)26)7-8-17(16)23/h2-8,11-12,14H,9-10H2,1H3,(H,29,30). The molecular weight excluding hydrogens is 465 g/mol. The molecule has 1 amide bonds. The number of carbonyl (C=O) groups excluding carboxylic acids is 1. The van der Waals surface area contributed by atoms with E-state index in [0.29, 0.717) is 0 Å². The van der Waals surface area contributed by atoms with Crippen LogP contribution in [0.15, 0.2) is 53.9 Å². The number of carboxylic acid groups (broad SMARTS) is 1. The van der Waals surface area contributed by atoms with Crippen LogP contribution < -0.4 is 4.90 Å². The minimum Gasteiger partial charge on any atom is -0.481 e. The second-order valence-electron chi connectivity index (χ2n) is 7.09. The van der Waals surface area contributed by atoms with Gasteiger partial charge in [-0.25, -0.2) is 4.98 Å². The van der Waals surface area contributed by atoms with E-state index in [1.807, 2.05) is 6.07 Å². The van der Waals surface area contributed by atoms with Crippen LogP contribution in [0.5, 0.6) is 0 Å². The molecule has 1 atom stereocenters. The van der Waals surface area contributed by atoms with Crippen molar-refractivity contribution in [1.29, 1.82) is 0 Å². The van der Waals surface area contributed by atoms with Gasteiger partial charge >= 0.3 is 12.1 Å². The largest absolute Gasteiger partial charge is 0.481 e. The number of thiazole rings is 1. The van der Waals surface area contributed by atoms with E-state index in [1.54, 1.807) is 24.3 Å². The third kappa shape index (κ3) is 5.66. The van der Waals surface area contributed by atoms with Gasteiger partial charge in [0, 0.05) is 18.0 Å². The molecule has 3 rings (SSSR count). The Kier molecular flexibility index (Phi) is 7.20. The summed E-state index contributed by atoms with van der Waals surface area (Å²) >= 11 is 7.13. The predicted octanol–water partition coefficient (Wildman–Crippen LogP) is 5.78. The van der Waals surface area contributed by atoms with Gasteiger partial charge in [-0.3, -0.25) is 14.5 Å². The van der Waals surface area contributed by atoms with Gasteiger partial charge < -0.3 is 5.11 Å². The summed E-state index contributed by atoms with van der Waals surface area (Å²) in [4.78, 5) is 29.9. The number of nitrogens with zero attached hydrogens (tertiary/aromatic N) is 2.